The molecular weight excluding hydrogens is 372 g/mol. The third-order valence-corrected chi connectivity index (χ3v) is 6.18. The van der Waals surface area contributed by atoms with Crippen LogP contribution in [0.2, 0.25) is 0 Å². The quantitative estimate of drug-likeness (QED) is 0.691. The van der Waals surface area contributed by atoms with Crippen LogP contribution in [0.4, 0.5) is 0 Å². The van der Waals surface area contributed by atoms with E-state index in [1.54, 1.807) is 18.2 Å². The number of nitrogens with zero attached hydrogens (tertiary/aromatic N) is 1. The Morgan fingerprint density at radius 1 is 1.04 bits per heavy atom. The van der Waals surface area contributed by atoms with Gasteiger partial charge in [0.2, 0.25) is 15.9 Å². The monoisotopic (exact) mass is 400 g/mol. The summed E-state index contributed by atoms with van der Waals surface area (Å²) in [4.78, 5) is 12.4. The van der Waals surface area contributed by atoms with E-state index in [1.807, 2.05) is 18.2 Å². The zero-order valence-corrected chi connectivity index (χ0v) is 17.7. The van der Waals surface area contributed by atoms with Crippen molar-refractivity contribution in [3.63, 3.8) is 0 Å². The number of amides is 1. The highest BCUT2D eigenvalue weighted by atomic mass is 32.2. The van der Waals surface area contributed by atoms with Gasteiger partial charge in [-0.2, -0.15) is 0 Å². The Kier molecular flexibility index (Phi) is 7.16. The Labute approximate surface area is 168 Å². The fourth-order valence-electron chi connectivity index (χ4n) is 2.73. The maximum atomic E-state index is 12.1. The molecule has 0 saturated heterocycles. The molecule has 28 heavy (non-hydrogen) atoms. The highest BCUT2D eigenvalue weighted by Gasteiger charge is 2.19. The lowest BCUT2D eigenvalue weighted by Crippen LogP contribution is -2.34. The molecule has 0 bridgehead atoms. The molecule has 2 aromatic rings. The maximum absolute atomic E-state index is 12.1. The molecule has 0 unspecified atom stereocenters. The van der Waals surface area contributed by atoms with Gasteiger partial charge in [-0.3, -0.25) is 4.79 Å². The molecule has 1 amide bonds. The van der Waals surface area contributed by atoms with Gasteiger partial charge < -0.3 is 5.32 Å². The molecule has 0 aliphatic carbocycles. The lowest BCUT2D eigenvalue weighted by Gasteiger charge is -2.24. The molecule has 0 fully saturated rings. The Morgan fingerprint density at radius 3 is 2.21 bits per heavy atom. The molecule has 0 aliphatic heterocycles. The normalized spacial score (nSPS) is 12.5. The lowest BCUT2D eigenvalue weighted by molar-refractivity contribution is -0.116. The minimum Gasteiger partial charge on any atom is -0.352 e. The van der Waals surface area contributed by atoms with Crippen molar-refractivity contribution in [2.24, 2.45) is 5.41 Å². The van der Waals surface area contributed by atoms with Gasteiger partial charge in [0, 0.05) is 26.7 Å². The van der Waals surface area contributed by atoms with E-state index in [0.717, 1.165) is 12.0 Å². The number of carbonyl (C=O) groups excluding carboxylic acids is 1. The van der Waals surface area contributed by atoms with Gasteiger partial charge in [-0.25, -0.2) is 12.7 Å². The van der Waals surface area contributed by atoms with Crippen LogP contribution >= 0.6 is 0 Å². The Balaban J connectivity index is 1.91. The van der Waals surface area contributed by atoms with Crippen molar-refractivity contribution in [1.82, 2.24) is 9.62 Å². The molecule has 2 rings (SSSR count). The maximum Gasteiger partial charge on any atom is 0.244 e. The summed E-state index contributed by atoms with van der Waals surface area (Å²) in [5, 5.41) is 2.94. The van der Waals surface area contributed by atoms with Gasteiger partial charge in [0.25, 0.3) is 0 Å². The average Bonchev–Trinajstić information content (AvgIpc) is 2.65. The molecular formula is C22H28N2O3S. The van der Waals surface area contributed by atoms with E-state index >= 15 is 0 Å². The third-order valence-electron chi connectivity index (χ3n) is 4.35. The summed E-state index contributed by atoms with van der Waals surface area (Å²) < 4.78 is 25.3. The molecule has 0 aliphatic rings. The number of sulfonamides is 1. The van der Waals surface area contributed by atoms with Gasteiger partial charge in [0.1, 0.15) is 0 Å². The number of rotatable bonds is 8. The summed E-state index contributed by atoms with van der Waals surface area (Å²) in [6.45, 7) is 4.80. The Hall–Kier alpha value is -2.44. The Bertz CT molecular complexity index is 916. The molecule has 2 aromatic carbocycles. The van der Waals surface area contributed by atoms with E-state index in [9.17, 15) is 13.2 Å². The highest BCUT2D eigenvalue weighted by Crippen LogP contribution is 2.20. The first-order valence-electron chi connectivity index (χ1n) is 9.13. The average molecular weight is 401 g/mol. The second-order valence-electron chi connectivity index (χ2n) is 7.73. The summed E-state index contributed by atoms with van der Waals surface area (Å²) >= 11 is 0. The first-order valence-corrected chi connectivity index (χ1v) is 10.6. The van der Waals surface area contributed by atoms with Crippen LogP contribution in [0.5, 0.6) is 0 Å². The first kappa shape index (κ1) is 21.9. The number of hydrogen-bond donors (Lipinski definition) is 1. The molecule has 150 valence electrons. The van der Waals surface area contributed by atoms with Crippen LogP contribution in [0.1, 0.15) is 25.0 Å². The van der Waals surface area contributed by atoms with Crippen LogP contribution < -0.4 is 5.32 Å². The molecule has 0 aromatic heterocycles. The van der Waals surface area contributed by atoms with Crippen LogP contribution in [0.25, 0.3) is 6.08 Å². The van der Waals surface area contributed by atoms with Crippen molar-refractivity contribution in [2.75, 3.05) is 20.6 Å². The number of nitrogens with one attached hydrogen (secondary N) is 1. The fourth-order valence-corrected chi connectivity index (χ4v) is 3.63. The number of benzene rings is 2. The van der Waals surface area contributed by atoms with Crippen molar-refractivity contribution in [2.45, 2.75) is 25.2 Å². The van der Waals surface area contributed by atoms with Crippen molar-refractivity contribution in [3.05, 3.63) is 71.8 Å². The van der Waals surface area contributed by atoms with E-state index in [2.05, 4.69) is 31.3 Å². The molecule has 0 heterocycles. The van der Waals surface area contributed by atoms with E-state index in [4.69, 9.17) is 0 Å². The van der Waals surface area contributed by atoms with Crippen LogP contribution in [-0.4, -0.2) is 39.3 Å². The smallest absolute Gasteiger partial charge is 0.244 e. The van der Waals surface area contributed by atoms with Crippen molar-refractivity contribution < 1.29 is 13.2 Å². The largest absolute Gasteiger partial charge is 0.352 e. The predicted molar refractivity (Wildman–Crippen MR) is 113 cm³/mol. The van der Waals surface area contributed by atoms with Gasteiger partial charge in [-0.1, -0.05) is 56.3 Å². The zero-order chi connectivity index (χ0) is 20.8. The van der Waals surface area contributed by atoms with Crippen LogP contribution in [0.15, 0.2) is 65.6 Å². The molecule has 0 spiro atoms. The minimum atomic E-state index is -3.45. The van der Waals surface area contributed by atoms with E-state index in [-0.39, 0.29) is 16.2 Å². The number of carbonyl (C=O) groups is 1. The molecule has 0 saturated carbocycles. The lowest BCUT2D eigenvalue weighted by atomic mass is 9.85. The molecule has 0 radical (unpaired) electrons. The molecule has 5 nitrogen and oxygen atoms in total. The fraction of sp³-hybridized carbons (Fsp3) is 0.318. The van der Waals surface area contributed by atoms with Crippen LogP contribution in [0, 0.1) is 5.41 Å². The molecule has 1 N–H and O–H groups in total. The van der Waals surface area contributed by atoms with E-state index < -0.39 is 10.0 Å². The standard InChI is InChI=1S/C22H28N2O3S/c1-22(2,16-19-8-6-5-7-9-19)17-23-21(25)15-12-18-10-13-20(14-11-18)28(26,27)24(3)4/h5-15H,16-17H2,1-4H3,(H,23,25)/b15-12+. The third kappa shape index (κ3) is 6.32. The second kappa shape index (κ2) is 9.17. The SMILES string of the molecule is CN(C)S(=O)(=O)c1ccc(/C=C/C(=O)NCC(C)(C)Cc2ccccc2)cc1. The Morgan fingerprint density at radius 2 is 1.64 bits per heavy atom. The predicted octanol–water partition coefficient (Wildman–Crippen LogP) is 3.34. The zero-order valence-electron chi connectivity index (χ0n) is 16.8. The van der Waals surface area contributed by atoms with Gasteiger partial charge in [-0.15, -0.1) is 0 Å². The second-order valence-corrected chi connectivity index (χ2v) is 9.89. The van der Waals surface area contributed by atoms with E-state index in [0.29, 0.717) is 6.54 Å². The number of hydrogen-bond acceptors (Lipinski definition) is 3. The van der Waals surface area contributed by atoms with E-state index in [1.165, 1.54) is 42.2 Å². The summed E-state index contributed by atoms with van der Waals surface area (Å²) in [5.41, 5.74) is 1.94. The summed E-state index contributed by atoms with van der Waals surface area (Å²) in [7, 11) is -0.460. The summed E-state index contributed by atoms with van der Waals surface area (Å²) in [5.74, 6) is -0.175. The van der Waals surface area contributed by atoms with Crippen LogP contribution in [0.3, 0.4) is 0 Å². The molecule has 6 heteroatoms. The van der Waals surface area contributed by atoms with Gasteiger partial charge in [-0.05, 0) is 41.2 Å². The van der Waals surface area contributed by atoms with Gasteiger partial charge in [0.15, 0.2) is 0 Å². The highest BCUT2D eigenvalue weighted by molar-refractivity contribution is 7.89. The van der Waals surface area contributed by atoms with Crippen LogP contribution in [-0.2, 0) is 21.2 Å². The van der Waals surface area contributed by atoms with Gasteiger partial charge in [0.05, 0.1) is 4.90 Å². The minimum absolute atomic E-state index is 0.0625. The van der Waals surface area contributed by atoms with Gasteiger partial charge >= 0.3 is 0 Å². The summed E-state index contributed by atoms with van der Waals surface area (Å²) in [6.07, 6.45) is 4.01. The first-order chi connectivity index (χ1) is 13.1. The molecule has 0 atom stereocenters. The van der Waals surface area contributed by atoms with Crippen molar-refractivity contribution in [1.29, 1.82) is 0 Å². The van der Waals surface area contributed by atoms with Crippen molar-refractivity contribution >= 4 is 22.0 Å². The van der Waals surface area contributed by atoms with Crippen molar-refractivity contribution in [3.8, 4) is 0 Å². The summed E-state index contributed by atoms with van der Waals surface area (Å²) in [6, 6.07) is 16.6. The topological polar surface area (TPSA) is 66.5 Å².